The second kappa shape index (κ2) is 8.47. The Morgan fingerprint density at radius 2 is 1.68 bits per heavy atom. The average Bonchev–Trinajstić information content (AvgIpc) is 3.23. The van der Waals surface area contributed by atoms with E-state index in [4.69, 9.17) is 4.98 Å². The van der Waals surface area contributed by atoms with Crippen LogP contribution in [-0.2, 0) is 4.79 Å². The van der Waals surface area contributed by atoms with E-state index in [0.29, 0.717) is 0 Å². The van der Waals surface area contributed by atoms with E-state index in [1.807, 2.05) is 43.3 Å². The van der Waals surface area contributed by atoms with Crippen molar-refractivity contribution >= 4 is 39.0 Å². The maximum Gasteiger partial charge on any atom is 0.227 e. The minimum atomic E-state index is 0.0194. The van der Waals surface area contributed by atoms with E-state index in [2.05, 4.69) is 44.8 Å². The Balaban J connectivity index is 1.38. The van der Waals surface area contributed by atoms with Gasteiger partial charge in [0.2, 0.25) is 5.91 Å². The summed E-state index contributed by atoms with van der Waals surface area (Å²) in [6, 6.07) is 20.1. The number of hydrogen-bond acceptors (Lipinski definition) is 5. The van der Waals surface area contributed by atoms with Crippen molar-refractivity contribution in [2.45, 2.75) is 19.8 Å². The van der Waals surface area contributed by atoms with Crippen molar-refractivity contribution in [1.82, 2.24) is 9.97 Å². The zero-order valence-electron chi connectivity index (χ0n) is 17.4. The Morgan fingerprint density at radius 3 is 2.39 bits per heavy atom. The third-order valence-electron chi connectivity index (χ3n) is 5.82. The van der Waals surface area contributed by atoms with Crippen molar-refractivity contribution in [3.8, 4) is 11.1 Å². The molecule has 156 valence electrons. The molecule has 1 saturated heterocycles. The average molecular weight is 429 g/mol. The molecule has 0 aliphatic carbocycles. The molecule has 1 N–H and O–H groups in total. The molecule has 1 aliphatic rings. The van der Waals surface area contributed by atoms with E-state index < -0.39 is 0 Å². The van der Waals surface area contributed by atoms with Crippen molar-refractivity contribution in [2.24, 2.45) is 5.92 Å². The molecule has 0 saturated carbocycles. The maximum absolute atomic E-state index is 12.7. The second-order valence-electron chi connectivity index (χ2n) is 7.91. The van der Waals surface area contributed by atoms with E-state index in [1.54, 1.807) is 11.3 Å². The molecule has 31 heavy (non-hydrogen) atoms. The minimum Gasteiger partial charge on any atom is -0.356 e. The predicted molar refractivity (Wildman–Crippen MR) is 128 cm³/mol. The number of thiophene rings is 1. The summed E-state index contributed by atoms with van der Waals surface area (Å²) in [5.74, 6) is 1.90. The first kappa shape index (κ1) is 19.7. The van der Waals surface area contributed by atoms with Crippen molar-refractivity contribution in [2.75, 3.05) is 23.3 Å². The van der Waals surface area contributed by atoms with Crippen LogP contribution in [-0.4, -0.2) is 29.0 Å². The number of piperidine rings is 1. The minimum absolute atomic E-state index is 0.0194. The highest BCUT2D eigenvalue weighted by Gasteiger charge is 2.28. The summed E-state index contributed by atoms with van der Waals surface area (Å²) in [4.78, 5) is 25.6. The largest absolute Gasteiger partial charge is 0.356 e. The number of fused-ring (bicyclic) bond motifs is 1. The molecular formula is C25H24N4OS. The van der Waals surface area contributed by atoms with Crippen molar-refractivity contribution < 1.29 is 4.79 Å². The zero-order valence-corrected chi connectivity index (χ0v) is 18.2. The van der Waals surface area contributed by atoms with Crippen LogP contribution in [0, 0.1) is 12.8 Å². The Bertz CT molecular complexity index is 1200. The fourth-order valence-electron chi connectivity index (χ4n) is 4.21. The van der Waals surface area contributed by atoms with Gasteiger partial charge in [-0.2, -0.15) is 0 Å². The highest BCUT2D eigenvalue weighted by molar-refractivity contribution is 7.17. The number of carbonyl (C=O) groups excluding carboxylic acids is 1. The van der Waals surface area contributed by atoms with Crippen LogP contribution < -0.4 is 10.2 Å². The third-order valence-corrected chi connectivity index (χ3v) is 6.69. The van der Waals surface area contributed by atoms with Gasteiger partial charge in [-0.1, -0.05) is 48.5 Å². The Kier molecular flexibility index (Phi) is 5.38. The molecule has 2 aromatic carbocycles. The lowest BCUT2D eigenvalue weighted by Crippen LogP contribution is -2.38. The van der Waals surface area contributed by atoms with E-state index >= 15 is 0 Å². The summed E-state index contributed by atoms with van der Waals surface area (Å²) in [6.45, 7) is 3.57. The van der Waals surface area contributed by atoms with Crippen molar-refractivity contribution in [1.29, 1.82) is 0 Å². The number of para-hydroxylation sites is 1. The van der Waals surface area contributed by atoms with E-state index in [-0.39, 0.29) is 11.8 Å². The number of amides is 1. The molecular weight excluding hydrogens is 404 g/mol. The number of carbonyl (C=O) groups is 1. The number of aromatic nitrogens is 2. The highest BCUT2D eigenvalue weighted by atomic mass is 32.1. The van der Waals surface area contributed by atoms with Gasteiger partial charge in [-0.05, 0) is 37.5 Å². The first-order valence-electron chi connectivity index (χ1n) is 10.6. The number of benzene rings is 2. The monoisotopic (exact) mass is 428 g/mol. The molecule has 1 aliphatic heterocycles. The topological polar surface area (TPSA) is 58.1 Å². The van der Waals surface area contributed by atoms with E-state index in [1.165, 1.54) is 11.1 Å². The summed E-state index contributed by atoms with van der Waals surface area (Å²) < 4.78 is 0. The highest BCUT2D eigenvalue weighted by Crippen LogP contribution is 2.39. The maximum atomic E-state index is 12.7. The lowest BCUT2D eigenvalue weighted by Gasteiger charge is -2.32. The third kappa shape index (κ3) is 4.03. The molecule has 6 heteroatoms. The number of hydrogen-bond donors (Lipinski definition) is 1. The smallest absolute Gasteiger partial charge is 0.227 e. The number of nitrogens with one attached hydrogen (secondary N) is 1. The molecule has 5 nitrogen and oxygen atoms in total. The van der Waals surface area contributed by atoms with Gasteiger partial charge >= 0.3 is 0 Å². The van der Waals surface area contributed by atoms with Gasteiger partial charge < -0.3 is 10.2 Å². The quantitative estimate of drug-likeness (QED) is 0.465. The number of rotatable bonds is 4. The van der Waals surface area contributed by atoms with Gasteiger partial charge in [0.25, 0.3) is 0 Å². The molecule has 0 radical (unpaired) electrons. The standard InChI is InChI=1S/C25H24N4OS/c1-17-26-23(22-21(16-31-25(22)27-17)18-8-4-2-5-9-18)29-14-12-19(13-15-29)24(30)28-20-10-6-3-7-11-20/h2-11,16,19H,12-15H2,1H3,(H,28,30). The summed E-state index contributed by atoms with van der Waals surface area (Å²) in [5.41, 5.74) is 3.22. The Hall–Kier alpha value is -3.25. The van der Waals surface area contributed by atoms with Crippen LogP contribution in [0.25, 0.3) is 21.3 Å². The predicted octanol–water partition coefficient (Wildman–Crippen LogP) is 5.52. The second-order valence-corrected chi connectivity index (χ2v) is 8.76. The van der Waals surface area contributed by atoms with Gasteiger partial charge in [0.05, 0.1) is 5.39 Å². The number of anilines is 2. The number of aryl methyl sites for hydroxylation is 1. The van der Waals surface area contributed by atoms with Gasteiger partial charge in [-0.25, -0.2) is 9.97 Å². The summed E-state index contributed by atoms with van der Waals surface area (Å²) in [5, 5.41) is 6.35. The zero-order chi connectivity index (χ0) is 21.2. The molecule has 1 amide bonds. The molecule has 0 atom stereocenters. The van der Waals surface area contributed by atoms with Crippen LogP contribution in [0.4, 0.5) is 11.5 Å². The first-order chi connectivity index (χ1) is 15.2. The van der Waals surface area contributed by atoms with Gasteiger partial charge in [-0.15, -0.1) is 11.3 Å². The molecule has 0 unspecified atom stereocenters. The van der Waals surface area contributed by atoms with Gasteiger partial charge in [0, 0.05) is 35.6 Å². The van der Waals surface area contributed by atoms with Crippen LogP contribution in [0.5, 0.6) is 0 Å². The van der Waals surface area contributed by atoms with Crippen LogP contribution in [0.1, 0.15) is 18.7 Å². The molecule has 4 aromatic rings. The Labute approximate surface area is 185 Å². The molecule has 1 fully saturated rings. The fraction of sp³-hybridized carbons (Fsp3) is 0.240. The first-order valence-corrected chi connectivity index (χ1v) is 11.5. The Morgan fingerprint density at radius 1 is 1.00 bits per heavy atom. The lowest BCUT2D eigenvalue weighted by atomic mass is 9.95. The lowest BCUT2D eigenvalue weighted by molar-refractivity contribution is -0.120. The summed E-state index contributed by atoms with van der Waals surface area (Å²) >= 11 is 1.67. The van der Waals surface area contributed by atoms with E-state index in [9.17, 15) is 4.79 Å². The summed E-state index contributed by atoms with van der Waals surface area (Å²) in [7, 11) is 0. The molecule has 2 aromatic heterocycles. The fourth-order valence-corrected chi connectivity index (χ4v) is 5.19. The van der Waals surface area contributed by atoms with Crippen LogP contribution >= 0.6 is 11.3 Å². The SMILES string of the molecule is Cc1nc(N2CCC(C(=O)Nc3ccccc3)CC2)c2c(-c3ccccc3)csc2n1. The molecule has 3 heterocycles. The van der Waals surface area contributed by atoms with Crippen LogP contribution in [0.15, 0.2) is 66.0 Å². The molecule has 5 rings (SSSR count). The van der Waals surface area contributed by atoms with Gasteiger partial charge in [-0.3, -0.25) is 4.79 Å². The van der Waals surface area contributed by atoms with Crippen molar-refractivity contribution in [3.63, 3.8) is 0 Å². The van der Waals surface area contributed by atoms with Crippen molar-refractivity contribution in [3.05, 3.63) is 71.9 Å². The molecule has 0 bridgehead atoms. The summed E-state index contributed by atoms with van der Waals surface area (Å²) in [6.07, 6.45) is 1.63. The molecule has 0 spiro atoms. The van der Waals surface area contributed by atoms with Gasteiger partial charge in [0.15, 0.2) is 0 Å². The van der Waals surface area contributed by atoms with Crippen LogP contribution in [0.2, 0.25) is 0 Å². The van der Waals surface area contributed by atoms with Gasteiger partial charge in [0.1, 0.15) is 16.5 Å². The van der Waals surface area contributed by atoms with E-state index in [0.717, 1.165) is 53.5 Å². The number of nitrogens with zero attached hydrogens (tertiary/aromatic N) is 3. The normalized spacial score (nSPS) is 14.7. The van der Waals surface area contributed by atoms with Crippen LogP contribution in [0.3, 0.4) is 0 Å².